The van der Waals surface area contributed by atoms with Gasteiger partial charge in [0.2, 0.25) is 5.91 Å². The summed E-state index contributed by atoms with van der Waals surface area (Å²) in [5.41, 5.74) is 3.66. The van der Waals surface area contributed by atoms with Crippen molar-refractivity contribution in [2.45, 2.75) is 46.0 Å². The summed E-state index contributed by atoms with van der Waals surface area (Å²) in [6.45, 7) is 9.40. The van der Waals surface area contributed by atoms with E-state index in [2.05, 4.69) is 41.3 Å². The molecular weight excluding hydrogens is 473 g/mol. The molecule has 0 aliphatic carbocycles. The van der Waals surface area contributed by atoms with E-state index in [9.17, 15) is 9.59 Å². The van der Waals surface area contributed by atoms with Gasteiger partial charge < -0.3 is 5.32 Å². The Morgan fingerprint density at radius 1 is 1.12 bits per heavy atom. The maximum atomic E-state index is 13.0. The number of nitrogens with zero attached hydrogens (tertiary/aromatic N) is 3. The number of carbonyl (C=O) groups excluding carboxylic acids is 2. The zero-order chi connectivity index (χ0) is 24.8. The van der Waals surface area contributed by atoms with Crippen LogP contribution in [0.15, 0.2) is 42.5 Å². The van der Waals surface area contributed by atoms with Gasteiger partial charge in [0.05, 0.1) is 11.6 Å². The quantitative estimate of drug-likeness (QED) is 0.317. The van der Waals surface area contributed by atoms with E-state index in [1.54, 1.807) is 41.9 Å². The van der Waals surface area contributed by atoms with E-state index >= 15 is 0 Å². The maximum Gasteiger partial charge on any atom is 0.231 e. The number of nitrogens with one attached hydrogen (secondary N) is 2. The molecule has 2 N–H and O–H groups in total. The SMILES string of the molecule is CC(=O)c1ccc(Cl)c(C(C)C(=O)Nc2cccc(-c3nc4c(Cl)c(C(C)(C)C)[nH]n4n3)c2)c1. The highest BCUT2D eigenvalue weighted by Crippen LogP contribution is 2.32. The van der Waals surface area contributed by atoms with Crippen LogP contribution < -0.4 is 5.32 Å². The molecule has 34 heavy (non-hydrogen) atoms. The molecule has 0 bridgehead atoms. The highest BCUT2D eigenvalue weighted by molar-refractivity contribution is 6.34. The minimum atomic E-state index is -0.561. The molecule has 2 aromatic heterocycles. The fourth-order valence-electron chi connectivity index (χ4n) is 3.64. The fraction of sp³-hybridized carbons (Fsp3) is 0.280. The number of carbonyl (C=O) groups is 2. The smallest absolute Gasteiger partial charge is 0.231 e. The number of aromatic nitrogens is 4. The first-order valence-corrected chi connectivity index (χ1v) is 11.6. The molecule has 7 nitrogen and oxygen atoms in total. The number of aromatic amines is 1. The van der Waals surface area contributed by atoms with Crippen molar-refractivity contribution >= 4 is 46.2 Å². The van der Waals surface area contributed by atoms with Crippen molar-refractivity contribution in [2.75, 3.05) is 5.32 Å². The van der Waals surface area contributed by atoms with Crippen molar-refractivity contribution in [3.05, 3.63) is 69.3 Å². The summed E-state index contributed by atoms with van der Waals surface area (Å²) < 4.78 is 1.57. The lowest BCUT2D eigenvalue weighted by molar-refractivity contribution is -0.117. The van der Waals surface area contributed by atoms with E-state index in [0.717, 1.165) is 11.3 Å². The standard InChI is InChI=1S/C25H25Cl2N5O2/c1-13(18-12-15(14(2)33)9-10-19(18)26)24(34)28-17-8-6-7-16(11-17)22-29-23-20(27)21(25(3,4)5)30-32(23)31-22/h6-13,30H,1-5H3,(H,28,34). The van der Waals surface area contributed by atoms with Crippen LogP contribution in [-0.4, -0.2) is 31.5 Å². The maximum absolute atomic E-state index is 13.0. The lowest BCUT2D eigenvalue weighted by Gasteiger charge is -2.16. The number of rotatable bonds is 5. The average molecular weight is 498 g/mol. The molecule has 9 heteroatoms. The van der Waals surface area contributed by atoms with Gasteiger partial charge in [0.1, 0.15) is 5.02 Å². The number of hydrogen-bond donors (Lipinski definition) is 2. The number of anilines is 1. The van der Waals surface area contributed by atoms with Crippen LogP contribution in [0.25, 0.3) is 17.0 Å². The van der Waals surface area contributed by atoms with Crippen molar-refractivity contribution in [1.82, 2.24) is 19.8 Å². The molecule has 1 unspecified atom stereocenters. The minimum Gasteiger partial charge on any atom is -0.326 e. The zero-order valence-corrected chi connectivity index (χ0v) is 21.0. The first-order chi connectivity index (χ1) is 16.0. The van der Waals surface area contributed by atoms with Gasteiger partial charge in [0, 0.05) is 27.3 Å². The molecule has 1 amide bonds. The lowest BCUT2D eigenvalue weighted by Crippen LogP contribution is -2.19. The molecule has 2 aromatic carbocycles. The van der Waals surface area contributed by atoms with Gasteiger partial charge in [-0.3, -0.25) is 14.7 Å². The normalized spacial score (nSPS) is 12.7. The summed E-state index contributed by atoms with van der Waals surface area (Å²) in [5, 5.41) is 11.6. The number of Topliss-reactive ketones (excluding diaryl/α,β-unsaturated/α-hetero) is 1. The predicted molar refractivity (Wildman–Crippen MR) is 135 cm³/mol. The number of amides is 1. The van der Waals surface area contributed by atoms with Gasteiger partial charge in [0.25, 0.3) is 0 Å². The van der Waals surface area contributed by atoms with Crippen molar-refractivity contribution < 1.29 is 9.59 Å². The van der Waals surface area contributed by atoms with Crippen molar-refractivity contribution in [3.8, 4) is 11.4 Å². The topological polar surface area (TPSA) is 92.1 Å². The number of hydrogen-bond acceptors (Lipinski definition) is 4. The van der Waals surface area contributed by atoms with E-state index in [4.69, 9.17) is 23.2 Å². The molecule has 1 atom stereocenters. The molecule has 4 aromatic rings. The van der Waals surface area contributed by atoms with Gasteiger partial charge >= 0.3 is 0 Å². The third-order valence-electron chi connectivity index (χ3n) is 5.64. The van der Waals surface area contributed by atoms with Crippen LogP contribution in [0.4, 0.5) is 5.69 Å². The Balaban J connectivity index is 1.58. The van der Waals surface area contributed by atoms with E-state index in [-0.39, 0.29) is 17.1 Å². The first kappa shape index (κ1) is 24.0. The lowest BCUT2D eigenvalue weighted by atomic mass is 9.92. The highest BCUT2D eigenvalue weighted by Gasteiger charge is 2.24. The average Bonchev–Trinajstić information content (AvgIpc) is 3.33. The van der Waals surface area contributed by atoms with Crippen molar-refractivity contribution in [3.63, 3.8) is 0 Å². The molecule has 0 aliphatic heterocycles. The first-order valence-electron chi connectivity index (χ1n) is 10.8. The summed E-state index contributed by atoms with van der Waals surface area (Å²) in [5.74, 6) is -0.414. The zero-order valence-electron chi connectivity index (χ0n) is 19.5. The number of ketones is 1. The second-order valence-corrected chi connectivity index (χ2v) is 10.1. The predicted octanol–water partition coefficient (Wildman–Crippen LogP) is 6.27. The Bertz CT molecular complexity index is 1410. The highest BCUT2D eigenvalue weighted by atomic mass is 35.5. The van der Waals surface area contributed by atoms with E-state index in [1.165, 1.54) is 6.92 Å². The Kier molecular flexibility index (Phi) is 6.27. The summed E-state index contributed by atoms with van der Waals surface area (Å²) in [4.78, 5) is 29.3. The molecule has 176 valence electrons. The number of benzene rings is 2. The van der Waals surface area contributed by atoms with Gasteiger partial charge in [-0.1, -0.05) is 56.1 Å². The van der Waals surface area contributed by atoms with Gasteiger partial charge in [-0.25, -0.2) is 4.98 Å². The molecule has 0 saturated carbocycles. The molecular formula is C25H25Cl2N5O2. The molecule has 2 heterocycles. The van der Waals surface area contributed by atoms with Crippen LogP contribution in [0.5, 0.6) is 0 Å². The molecule has 0 aliphatic rings. The fourth-order valence-corrected chi connectivity index (χ4v) is 4.37. The van der Waals surface area contributed by atoms with Crippen LogP contribution >= 0.6 is 23.2 Å². The Hall–Kier alpha value is -3.16. The van der Waals surface area contributed by atoms with Crippen LogP contribution in [0, 0.1) is 0 Å². The van der Waals surface area contributed by atoms with Gasteiger partial charge in [0.15, 0.2) is 17.3 Å². The molecule has 0 spiro atoms. The summed E-state index contributed by atoms with van der Waals surface area (Å²) in [7, 11) is 0. The van der Waals surface area contributed by atoms with Crippen LogP contribution in [0.3, 0.4) is 0 Å². The van der Waals surface area contributed by atoms with Crippen LogP contribution in [0.2, 0.25) is 10.0 Å². The Labute approximate surface area is 207 Å². The number of halogens is 2. The van der Waals surface area contributed by atoms with Crippen molar-refractivity contribution in [2.24, 2.45) is 0 Å². The molecule has 4 rings (SSSR count). The summed E-state index contributed by atoms with van der Waals surface area (Å²) in [6.07, 6.45) is 0. The largest absolute Gasteiger partial charge is 0.326 e. The Morgan fingerprint density at radius 3 is 2.50 bits per heavy atom. The Morgan fingerprint density at radius 2 is 1.85 bits per heavy atom. The van der Waals surface area contributed by atoms with E-state index < -0.39 is 5.92 Å². The molecule has 0 radical (unpaired) electrons. The van der Waals surface area contributed by atoms with E-state index in [1.807, 2.05) is 12.1 Å². The molecule has 0 fully saturated rings. The van der Waals surface area contributed by atoms with E-state index in [0.29, 0.717) is 38.3 Å². The van der Waals surface area contributed by atoms with Gasteiger partial charge in [-0.15, -0.1) is 5.10 Å². The van der Waals surface area contributed by atoms with Crippen LogP contribution in [0.1, 0.15) is 62.2 Å². The number of H-pyrrole nitrogens is 1. The van der Waals surface area contributed by atoms with Crippen molar-refractivity contribution in [1.29, 1.82) is 0 Å². The van der Waals surface area contributed by atoms with Crippen LogP contribution in [-0.2, 0) is 10.2 Å². The number of fused-ring (bicyclic) bond motifs is 1. The van der Waals surface area contributed by atoms with Gasteiger partial charge in [-0.05, 0) is 49.7 Å². The third-order valence-corrected chi connectivity index (χ3v) is 6.34. The summed E-state index contributed by atoms with van der Waals surface area (Å²) >= 11 is 12.8. The van der Waals surface area contributed by atoms with Gasteiger partial charge in [-0.2, -0.15) is 4.63 Å². The second-order valence-electron chi connectivity index (χ2n) is 9.31. The summed E-state index contributed by atoms with van der Waals surface area (Å²) in [6, 6.07) is 12.2. The second kappa shape index (κ2) is 8.89. The molecule has 0 saturated heterocycles. The monoisotopic (exact) mass is 497 g/mol. The third kappa shape index (κ3) is 4.58. The minimum absolute atomic E-state index is 0.0863.